The van der Waals surface area contributed by atoms with Crippen LogP contribution in [0.4, 0.5) is 0 Å². The molecule has 0 bridgehead atoms. The Kier molecular flexibility index (Phi) is 3.57. The number of benzene rings is 1. The van der Waals surface area contributed by atoms with Crippen LogP contribution in [0.25, 0.3) is 10.9 Å². The molecule has 0 spiro atoms. The minimum atomic E-state index is -0.187. The van der Waals surface area contributed by atoms with Crippen LogP contribution in [0, 0.1) is 5.92 Å². The molecule has 3 heterocycles. The Balaban J connectivity index is 1.57. The second-order valence-electron chi connectivity index (χ2n) is 6.94. The van der Waals surface area contributed by atoms with Crippen LogP contribution < -0.4 is 9.47 Å². The molecular weight excluding hydrogens is 354 g/mol. The Morgan fingerprint density at radius 1 is 1.27 bits per heavy atom. The number of halogens is 1. The zero-order valence-corrected chi connectivity index (χ0v) is 15.1. The van der Waals surface area contributed by atoms with E-state index in [-0.39, 0.29) is 18.7 Å². The number of carbonyl (C=O) groups is 1. The van der Waals surface area contributed by atoms with E-state index >= 15 is 0 Å². The van der Waals surface area contributed by atoms with Gasteiger partial charge in [-0.15, -0.1) is 0 Å². The van der Waals surface area contributed by atoms with Crippen LogP contribution in [0.3, 0.4) is 0 Å². The van der Waals surface area contributed by atoms with Gasteiger partial charge in [0.1, 0.15) is 5.15 Å². The maximum atomic E-state index is 12.4. The van der Waals surface area contributed by atoms with E-state index in [1.807, 2.05) is 25.1 Å². The zero-order valence-electron chi connectivity index (χ0n) is 14.4. The van der Waals surface area contributed by atoms with Crippen molar-refractivity contribution in [1.82, 2.24) is 9.99 Å². The van der Waals surface area contributed by atoms with Crippen LogP contribution in [0.1, 0.15) is 44.2 Å². The summed E-state index contributed by atoms with van der Waals surface area (Å²) in [5.74, 6) is 1.91. The van der Waals surface area contributed by atoms with Gasteiger partial charge in [-0.3, -0.25) is 4.79 Å². The highest BCUT2D eigenvalue weighted by molar-refractivity contribution is 6.30. The summed E-state index contributed by atoms with van der Waals surface area (Å²) in [7, 11) is 0. The van der Waals surface area contributed by atoms with E-state index in [1.165, 1.54) is 0 Å². The number of nitrogens with zero attached hydrogens (tertiary/aromatic N) is 3. The maximum absolute atomic E-state index is 12.4. The Morgan fingerprint density at radius 3 is 2.77 bits per heavy atom. The fourth-order valence-electron chi connectivity index (χ4n) is 3.62. The van der Waals surface area contributed by atoms with Crippen LogP contribution >= 0.6 is 11.6 Å². The molecule has 6 nitrogen and oxygen atoms in total. The molecule has 0 N–H and O–H groups in total. The number of hydrogen-bond donors (Lipinski definition) is 0. The van der Waals surface area contributed by atoms with Crippen LogP contribution in [0.2, 0.25) is 5.15 Å². The van der Waals surface area contributed by atoms with Crippen LogP contribution in [-0.2, 0) is 4.79 Å². The average Bonchev–Trinajstić information content (AvgIpc) is 3.23. The second-order valence-corrected chi connectivity index (χ2v) is 7.30. The fraction of sp³-hybridized carbons (Fsp3) is 0.421. The number of amides is 1. The van der Waals surface area contributed by atoms with Gasteiger partial charge in [0.15, 0.2) is 11.5 Å². The van der Waals surface area contributed by atoms with Gasteiger partial charge in [0.25, 0.3) is 0 Å². The van der Waals surface area contributed by atoms with Crippen molar-refractivity contribution >= 4 is 34.1 Å². The number of carbonyl (C=O) groups excluding carboxylic acids is 1. The smallest absolute Gasteiger partial charge is 0.242 e. The van der Waals surface area contributed by atoms with E-state index in [0.717, 1.165) is 41.4 Å². The number of ether oxygens (including phenoxy) is 2. The van der Waals surface area contributed by atoms with Gasteiger partial charge in [-0.05, 0) is 30.9 Å². The van der Waals surface area contributed by atoms with Gasteiger partial charge in [-0.2, -0.15) is 5.10 Å². The van der Waals surface area contributed by atoms with Gasteiger partial charge in [-0.25, -0.2) is 9.99 Å². The molecule has 1 aromatic carbocycles. The van der Waals surface area contributed by atoms with Crippen LogP contribution in [-0.4, -0.2) is 28.4 Å². The first kappa shape index (κ1) is 15.9. The molecule has 0 unspecified atom stereocenters. The number of hydrazone groups is 1. The molecule has 26 heavy (non-hydrogen) atoms. The number of pyridine rings is 1. The topological polar surface area (TPSA) is 64.0 Å². The highest BCUT2D eigenvalue weighted by Crippen LogP contribution is 2.43. The molecule has 1 aliphatic carbocycles. The summed E-state index contributed by atoms with van der Waals surface area (Å²) in [5.41, 5.74) is 2.69. The van der Waals surface area contributed by atoms with E-state index in [9.17, 15) is 4.79 Å². The van der Waals surface area contributed by atoms with Crippen molar-refractivity contribution in [1.29, 1.82) is 0 Å². The molecule has 2 aromatic rings. The third kappa shape index (κ3) is 2.51. The van der Waals surface area contributed by atoms with Crippen molar-refractivity contribution in [2.45, 2.75) is 38.6 Å². The quantitative estimate of drug-likeness (QED) is 0.763. The van der Waals surface area contributed by atoms with Gasteiger partial charge in [0.2, 0.25) is 12.7 Å². The SMILES string of the molecule is CCC(=O)N1N=C(C2CC2)C[C@H]1c1cc2cc3c(cc2nc1Cl)OCO3. The molecule has 1 saturated carbocycles. The zero-order chi connectivity index (χ0) is 17.8. The third-order valence-corrected chi connectivity index (χ3v) is 5.49. The summed E-state index contributed by atoms with van der Waals surface area (Å²) in [6, 6.07) is 5.56. The fourth-order valence-corrected chi connectivity index (χ4v) is 3.89. The summed E-state index contributed by atoms with van der Waals surface area (Å²) < 4.78 is 10.9. The lowest BCUT2D eigenvalue weighted by molar-refractivity contribution is -0.132. The standard InChI is InChI=1S/C19H18ClN3O3/c1-2-18(24)23-15(7-14(22-23)10-3-4-10)12-5-11-6-16-17(26-9-25-16)8-13(11)21-19(12)20/h5-6,8,10,15H,2-4,7,9H2,1H3/t15-/m0/s1. The molecule has 0 saturated heterocycles. The van der Waals surface area contributed by atoms with Gasteiger partial charge < -0.3 is 9.47 Å². The lowest BCUT2D eigenvalue weighted by atomic mass is 9.99. The molecule has 2 aliphatic heterocycles. The van der Waals surface area contributed by atoms with Gasteiger partial charge in [0, 0.05) is 35.6 Å². The molecule has 0 radical (unpaired) electrons. The van der Waals surface area contributed by atoms with Crippen molar-refractivity contribution in [3.8, 4) is 11.5 Å². The highest BCUT2D eigenvalue weighted by Gasteiger charge is 2.39. The van der Waals surface area contributed by atoms with E-state index in [0.29, 0.717) is 29.0 Å². The molecule has 1 aromatic heterocycles. The number of rotatable bonds is 3. The first-order valence-electron chi connectivity index (χ1n) is 8.93. The minimum Gasteiger partial charge on any atom is -0.454 e. The molecular formula is C19H18ClN3O3. The van der Waals surface area contributed by atoms with Crippen molar-refractivity contribution in [3.63, 3.8) is 0 Å². The lowest BCUT2D eigenvalue weighted by Gasteiger charge is -2.22. The van der Waals surface area contributed by atoms with E-state index in [1.54, 1.807) is 5.01 Å². The maximum Gasteiger partial charge on any atom is 0.242 e. The van der Waals surface area contributed by atoms with Crippen molar-refractivity contribution in [2.24, 2.45) is 11.0 Å². The summed E-state index contributed by atoms with van der Waals surface area (Å²) in [6.07, 6.45) is 3.46. The molecule has 1 fully saturated rings. The minimum absolute atomic E-state index is 0.00694. The first-order chi connectivity index (χ1) is 12.6. The predicted molar refractivity (Wildman–Crippen MR) is 97.5 cm³/mol. The molecule has 5 rings (SSSR count). The summed E-state index contributed by atoms with van der Waals surface area (Å²) >= 11 is 6.52. The summed E-state index contributed by atoms with van der Waals surface area (Å²) in [4.78, 5) is 17.0. The van der Waals surface area contributed by atoms with Gasteiger partial charge in [0.05, 0.1) is 11.6 Å². The van der Waals surface area contributed by atoms with Crippen molar-refractivity contribution in [3.05, 3.63) is 28.9 Å². The number of fused-ring (bicyclic) bond motifs is 2. The van der Waals surface area contributed by atoms with Crippen molar-refractivity contribution in [2.75, 3.05) is 6.79 Å². The Bertz CT molecular complexity index is 955. The normalized spacial score (nSPS) is 21.4. The Morgan fingerprint density at radius 2 is 2.04 bits per heavy atom. The molecule has 3 aliphatic rings. The number of aromatic nitrogens is 1. The molecule has 1 atom stereocenters. The van der Waals surface area contributed by atoms with Crippen LogP contribution in [0.5, 0.6) is 11.5 Å². The largest absolute Gasteiger partial charge is 0.454 e. The first-order valence-corrected chi connectivity index (χ1v) is 9.31. The Hall–Kier alpha value is -2.34. The number of hydrogen-bond acceptors (Lipinski definition) is 5. The molecule has 1 amide bonds. The van der Waals surface area contributed by atoms with Gasteiger partial charge >= 0.3 is 0 Å². The van der Waals surface area contributed by atoms with E-state index in [4.69, 9.17) is 21.1 Å². The average molecular weight is 372 g/mol. The Labute approximate surface area is 155 Å². The summed E-state index contributed by atoms with van der Waals surface area (Å²) in [5, 5.41) is 7.55. The van der Waals surface area contributed by atoms with E-state index in [2.05, 4.69) is 10.1 Å². The van der Waals surface area contributed by atoms with Crippen molar-refractivity contribution < 1.29 is 14.3 Å². The van der Waals surface area contributed by atoms with Gasteiger partial charge in [-0.1, -0.05) is 18.5 Å². The van der Waals surface area contributed by atoms with Crippen LogP contribution in [0.15, 0.2) is 23.3 Å². The lowest BCUT2D eigenvalue weighted by Crippen LogP contribution is -2.26. The molecule has 7 heteroatoms. The summed E-state index contributed by atoms with van der Waals surface area (Å²) in [6.45, 7) is 2.07. The molecule has 134 valence electrons. The third-order valence-electron chi connectivity index (χ3n) is 5.19. The second kappa shape index (κ2) is 5.84. The monoisotopic (exact) mass is 371 g/mol. The predicted octanol–water partition coefficient (Wildman–Crippen LogP) is 4.07. The van der Waals surface area contributed by atoms with E-state index < -0.39 is 0 Å². The highest BCUT2D eigenvalue weighted by atomic mass is 35.5.